The third-order valence-electron chi connectivity index (χ3n) is 2.49. The molecule has 5 nitrogen and oxygen atoms in total. The van der Waals surface area contributed by atoms with E-state index in [-0.39, 0.29) is 6.54 Å². The molecule has 0 saturated carbocycles. The molecular weight excluding hydrogens is 242 g/mol. The normalized spacial score (nSPS) is 11.7. The summed E-state index contributed by atoms with van der Waals surface area (Å²) in [6.45, 7) is 4.23. The maximum absolute atomic E-state index is 11.6. The zero-order valence-corrected chi connectivity index (χ0v) is 11.2. The summed E-state index contributed by atoms with van der Waals surface area (Å²) >= 11 is 0. The lowest BCUT2D eigenvalue weighted by molar-refractivity contribution is 0.148. The smallest absolute Gasteiger partial charge is 0.319 e. The third kappa shape index (κ3) is 5.89. The van der Waals surface area contributed by atoms with Gasteiger partial charge in [-0.15, -0.1) is 0 Å². The molecule has 0 spiro atoms. The molecule has 5 heteroatoms. The van der Waals surface area contributed by atoms with E-state index in [0.717, 1.165) is 0 Å². The van der Waals surface area contributed by atoms with Gasteiger partial charge >= 0.3 is 6.03 Å². The Morgan fingerprint density at radius 3 is 2.84 bits per heavy atom. The summed E-state index contributed by atoms with van der Waals surface area (Å²) in [6, 6.07) is 8.26. The molecule has 0 aliphatic rings. The van der Waals surface area contributed by atoms with Crippen LogP contribution in [0.1, 0.15) is 25.8 Å². The topological polar surface area (TPSA) is 85.2 Å². The summed E-state index contributed by atoms with van der Waals surface area (Å²) in [5, 5.41) is 23.6. The minimum Gasteiger partial charge on any atom is -0.391 e. The molecule has 0 radical (unpaired) electrons. The molecule has 19 heavy (non-hydrogen) atoms. The van der Waals surface area contributed by atoms with Crippen LogP contribution in [0.2, 0.25) is 0 Å². The Kier molecular flexibility index (Phi) is 5.83. The van der Waals surface area contributed by atoms with Gasteiger partial charge in [-0.25, -0.2) is 4.79 Å². The summed E-state index contributed by atoms with van der Waals surface area (Å²) in [7, 11) is 0. The van der Waals surface area contributed by atoms with Gasteiger partial charge in [0.1, 0.15) is 0 Å². The Labute approximate surface area is 113 Å². The lowest BCUT2D eigenvalue weighted by Gasteiger charge is -2.14. The quantitative estimate of drug-likeness (QED) is 0.758. The van der Waals surface area contributed by atoms with Crippen molar-refractivity contribution in [3.8, 4) is 6.07 Å². The molecule has 1 unspecified atom stereocenters. The first-order valence-electron chi connectivity index (χ1n) is 6.24. The first kappa shape index (κ1) is 15.0. The van der Waals surface area contributed by atoms with Gasteiger partial charge in [-0.05, 0) is 30.5 Å². The van der Waals surface area contributed by atoms with Crippen LogP contribution in [-0.2, 0) is 0 Å². The Bertz CT molecular complexity index is 466. The summed E-state index contributed by atoms with van der Waals surface area (Å²) in [5.41, 5.74) is 1.03. The van der Waals surface area contributed by atoms with Crippen molar-refractivity contribution >= 4 is 11.7 Å². The number of nitrogens with one attached hydrogen (secondary N) is 2. The van der Waals surface area contributed by atoms with Crippen LogP contribution in [-0.4, -0.2) is 23.8 Å². The molecule has 1 rings (SSSR count). The van der Waals surface area contributed by atoms with E-state index in [9.17, 15) is 9.90 Å². The molecule has 1 aromatic rings. The van der Waals surface area contributed by atoms with Gasteiger partial charge in [0.15, 0.2) is 0 Å². The summed E-state index contributed by atoms with van der Waals surface area (Å²) in [6.07, 6.45) is 0.0979. The zero-order chi connectivity index (χ0) is 14.3. The maximum atomic E-state index is 11.6. The van der Waals surface area contributed by atoms with Gasteiger partial charge in [-0.2, -0.15) is 5.26 Å². The molecule has 102 valence electrons. The van der Waals surface area contributed by atoms with Gasteiger partial charge in [0, 0.05) is 12.2 Å². The number of hydrogen-bond donors (Lipinski definition) is 3. The van der Waals surface area contributed by atoms with E-state index in [0.29, 0.717) is 23.6 Å². The molecule has 0 fully saturated rings. The lowest BCUT2D eigenvalue weighted by Crippen LogP contribution is -2.35. The van der Waals surface area contributed by atoms with Gasteiger partial charge in [0.25, 0.3) is 0 Å². The van der Waals surface area contributed by atoms with Crippen LogP contribution in [0.25, 0.3) is 0 Å². The minimum absolute atomic E-state index is 0.210. The fourth-order valence-electron chi connectivity index (χ4n) is 1.68. The Balaban J connectivity index is 2.41. The summed E-state index contributed by atoms with van der Waals surface area (Å²) in [5.74, 6) is 0.382. The Morgan fingerprint density at radius 2 is 2.21 bits per heavy atom. The van der Waals surface area contributed by atoms with Crippen molar-refractivity contribution in [2.45, 2.75) is 26.4 Å². The van der Waals surface area contributed by atoms with Crippen molar-refractivity contribution in [2.75, 3.05) is 11.9 Å². The predicted molar refractivity (Wildman–Crippen MR) is 73.6 cm³/mol. The highest BCUT2D eigenvalue weighted by atomic mass is 16.3. The first-order chi connectivity index (χ1) is 9.01. The number of aliphatic hydroxyl groups is 1. The highest BCUT2D eigenvalue weighted by molar-refractivity contribution is 5.89. The molecule has 1 aromatic carbocycles. The zero-order valence-electron chi connectivity index (χ0n) is 11.2. The lowest BCUT2D eigenvalue weighted by atomic mass is 10.1. The average molecular weight is 261 g/mol. The molecule has 0 heterocycles. The standard InChI is InChI=1S/C14H19N3O2/c1-10(2)6-13(18)9-16-14(19)17-12-5-3-4-11(7-12)8-15/h3-5,7,10,13,18H,6,9H2,1-2H3,(H2,16,17,19). The van der Waals surface area contributed by atoms with E-state index in [2.05, 4.69) is 10.6 Å². The van der Waals surface area contributed by atoms with E-state index >= 15 is 0 Å². The molecule has 0 saturated heterocycles. The number of hydrogen-bond acceptors (Lipinski definition) is 3. The summed E-state index contributed by atoms with van der Waals surface area (Å²) in [4.78, 5) is 11.6. The number of benzene rings is 1. The molecular formula is C14H19N3O2. The van der Waals surface area contributed by atoms with Crippen LogP contribution >= 0.6 is 0 Å². The minimum atomic E-state index is -0.545. The van der Waals surface area contributed by atoms with Crippen molar-refractivity contribution in [1.82, 2.24) is 5.32 Å². The van der Waals surface area contributed by atoms with Crippen molar-refractivity contribution in [2.24, 2.45) is 5.92 Å². The molecule has 1 atom stereocenters. The maximum Gasteiger partial charge on any atom is 0.319 e. The average Bonchev–Trinajstić information content (AvgIpc) is 2.36. The van der Waals surface area contributed by atoms with Crippen molar-refractivity contribution in [3.05, 3.63) is 29.8 Å². The van der Waals surface area contributed by atoms with E-state index < -0.39 is 12.1 Å². The number of nitriles is 1. The molecule has 0 aliphatic heterocycles. The van der Waals surface area contributed by atoms with Gasteiger partial charge in [0.2, 0.25) is 0 Å². The van der Waals surface area contributed by atoms with Gasteiger partial charge in [0.05, 0.1) is 17.7 Å². The predicted octanol–water partition coefficient (Wildman–Crippen LogP) is 2.09. The van der Waals surface area contributed by atoms with E-state index in [1.54, 1.807) is 24.3 Å². The highest BCUT2D eigenvalue weighted by Crippen LogP contribution is 2.09. The van der Waals surface area contributed by atoms with Crippen molar-refractivity contribution < 1.29 is 9.90 Å². The molecule has 0 aromatic heterocycles. The van der Waals surface area contributed by atoms with Gasteiger partial charge in [-0.1, -0.05) is 19.9 Å². The number of rotatable bonds is 5. The third-order valence-corrected chi connectivity index (χ3v) is 2.49. The second-order valence-electron chi connectivity index (χ2n) is 4.81. The van der Waals surface area contributed by atoms with E-state index in [1.807, 2.05) is 19.9 Å². The molecule has 0 aliphatic carbocycles. The number of anilines is 1. The van der Waals surface area contributed by atoms with Crippen molar-refractivity contribution in [1.29, 1.82) is 5.26 Å². The largest absolute Gasteiger partial charge is 0.391 e. The van der Waals surface area contributed by atoms with Crippen LogP contribution in [0.4, 0.5) is 10.5 Å². The molecule has 2 amide bonds. The van der Waals surface area contributed by atoms with Crippen LogP contribution in [0.5, 0.6) is 0 Å². The van der Waals surface area contributed by atoms with E-state index in [1.165, 1.54) is 0 Å². The molecule has 0 bridgehead atoms. The highest BCUT2D eigenvalue weighted by Gasteiger charge is 2.09. The fraction of sp³-hybridized carbons (Fsp3) is 0.429. The van der Waals surface area contributed by atoms with Crippen molar-refractivity contribution in [3.63, 3.8) is 0 Å². The second kappa shape index (κ2) is 7.39. The number of urea groups is 1. The number of carbonyl (C=O) groups excluding carboxylic acids is 1. The SMILES string of the molecule is CC(C)CC(O)CNC(=O)Nc1cccc(C#N)c1. The number of aliphatic hydroxyl groups excluding tert-OH is 1. The fourth-order valence-corrected chi connectivity index (χ4v) is 1.68. The Morgan fingerprint density at radius 1 is 1.47 bits per heavy atom. The first-order valence-corrected chi connectivity index (χ1v) is 6.24. The van der Waals surface area contributed by atoms with Crippen LogP contribution in [0, 0.1) is 17.2 Å². The number of nitrogens with zero attached hydrogens (tertiary/aromatic N) is 1. The van der Waals surface area contributed by atoms with Gasteiger partial charge in [-0.3, -0.25) is 0 Å². The number of amides is 2. The number of carbonyl (C=O) groups is 1. The monoisotopic (exact) mass is 261 g/mol. The van der Waals surface area contributed by atoms with Gasteiger partial charge < -0.3 is 15.7 Å². The second-order valence-corrected chi connectivity index (χ2v) is 4.81. The molecule has 3 N–H and O–H groups in total. The van der Waals surface area contributed by atoms with Crippen LogP contribution in [0.15, 0.2) is 24.3 Å². The Hall–Kier alpha value is -2.06. The van der Waals surface area contributed by atoms with Crippen LogP contribution in [0.3, 0.4) is 0 Å². The summed E-state index contributed by atoms with van der Waals surface area (Å²) < 4.78 is 0. The van der Waals surface area contributed by atoms with E-state index in [4.69, 9.17) is 5.26 Å². The van der Waals surface area contributed by atoms with Crippen LogP contribution < -0.4 is 10.6 Å².